The Morgan fingerprint density at radius 3 is 2.91 bits per heavy atom. The van der Waals surface area contributed by atoms with Crippen LogP contribution in [-0.4, -0.2) is 52.3 Å². The average Bonchev–Trinajstić information content (AvgIpc) is 2.81. The summed E-state index contributed by atoms with van der Waals surface area (Å²) in [6.07, 6.45) is -0.833. The molecule has 2 atom stereocenters. The van der Waals surface area contributed by atoms with Crippen molar-refractivity contribution in [2.75, 3.05) is 24.6 Å². The number of aromatic nitrogens is 2. The predicted octanol–water partition coefficient (Wildman–Crippen LogP) is 0.625. The van der Waals surface area contributed by atoms with Gasteiger partial charge in [0.05, 0.1) is 18.1 Å². The van der Waals surface area contributed by atoms with E-state index in [1.54, 1.807) is 6.92 Å². The van der Waals surface area contributed by atoms with Crippen LogP contribution in [0.2, 0.25) is 0 Å². The molecule has 1 fully saturated rings. The molecule has 0 radical (unpaired) electrons. The molecule has 0 bridgehead atoms. The number of ether oxygens (including phenoxy) is 1. The summed E-state index contributed by atoms with van der Waals surface area (Å²) in [7, 11) is 1.49. The normalized spacial score (nSPS) is 21.9. The van der Waals surface area contributed by atoms with Crippen LogP contribution in [-0.2, 0) is 21.4 Å². The molecule has 1 aliphatic heterocycles. The first-order valence-corrected chi connectivity index (χ1v) is 7.12. The van der Waals surface area contributed by atoms with E-state index in [-0.39, 0.29) is 37.6 Å². The number of halogens is 1. The lowest BCUT2D eigenvalue weighted by Gasteiger charge is -2.22. The Kier molecular flexibility index (Phi) is 4.92. The van der Waals surface area contributed by atoms with E-state index in [9.17, 15) is 24.1 Å². The number of hydrogen-bond acceptors (Lipinski definition) is 7. The van der Waals surface area contributed by atoms with Crippen molar-refractivity contribution in [3.8, 4) is 0 Å². The van der Waals surface area contributed by atoms with Crippen LogP contribution in [0.25, 0.3) is 0 Å². The summed E-state index contributed by atoms with van der Waals surface area (Å²) in [5, 5.41) is 14.9. The second kappa shape index (κ2) is 6.71. The van der Waals surface area contributed by atoms with E-state index in [0.717, 1.165) is 6.20 Å². The predicted molar refractivity (Wildman–Crippen MR) is 76.7 cm³/mol. The Morgan fingerprint density at radius 1 is 1.61 bits per heavy atom. The van der Waals surface area contributed by atoms with Gasteiger partial charge in [0, 0.05) is 13.6 Å². The second-order valence-electron chi connectivity index (χ2n) is 5.14. The van der Waals surface area contributed by atoms with Gasteiger partial charge in [-0.05, 0) is 13.3 Å². The largest absolute Gasteiger partial charge is 0.465 e. The third-order valence-corrected chi connectivity index (χ3v) is 3.68. The minimum atomic E-state index is -1.93. The van der Waals surface area contributed by atoms with Gasteiger partial charge in [-0.1, -0.05) is 0 Å². The molecule has 0 amide bonds. The van der Waals surface area contributed by atoms with Crippen molar-refractivity contribution in [3.63, 3.8) is 0 Å². The molecule has 0 N–H and O–H groups in total. The second-order valence-corrected chi connectivity index (χ2v) is 5.14. The van der Waals surface area contributed by atoms with Crippen molar-refractivity contribution in [3.05, 3.63) is 16.3 Å². The Morgan fingerprint density at radius 2 is 2.30 bits per heavy atom. The van der Waals surface area contributed by atoms with Crippen LogP contribution in [0, 0.1) is 16.0 Å². The van der Waals surface area contributed by atoms with Crippen LogP contribution >= 0.6 is 0 Å². The molecule has 1 aromatic heterocycles. The molecule has 10 heteroatoms. The minimum absolute atomic E-state index is 0.0282. The first-order valence-electron chi connectivity index (χ1n) is 7.12. The molecule has 0 spiro atoms. The van der Waals surface area contributed by atoms with Gasteiger partial charge in [0.1, 0.15) is 12.1 Å². The van der Waals surface area contributed by atoms with Crippen LogP contribution in [0.3, 0.4) is 0 Å². The lowest BCUT2D eigenvalue weighted by molar-refractivity contribution is -0.384. The molecule has 0 aromatic carbocycles. The first-order chi connectivity index (χ1) is 10.9. The molecular weight excluding hydrogens is 311 g/mol. The van der Waals surface area contributed by atoms with Crippen molar-refractivity contribution < 1.29 is 23.6 Å². The number of anilines is 1. The van der Waals surface area contributed by atoms with E-state index in [0.29, 0.717) is 0 Å². The summed E-state index contributed by atoms with van der Waals surface area (Å²) in [6, 6.07) is 0. The molecule has 1 aliphatic rings. The lowest BCUT2D eigenvalue weighted by atomic mass is 9.98. The maximum Gasteiger partial charge on any atom is 0.331 e. The summed E-state index contributed by atoms with van der Waals surface area (Å²) in [6.45, 7) is 1.43. The minimum Gasteiger partial charge on any atom is -0.465 e. The number of carbonyl (C=O) groups excluding carboxylic acids is 2. The number of Topliss-reactive ketones (excluding diaryl/α,β-unsaturated/α-hetero) is 1. The maximum atomic E-state index is 14.2. The highest BCUT2D eigenvalue weighted by atomic mass is 19.1. The van der Waals surface area contributed by atoms with E-state index in [2.05, 4.69) is 5.10 Å². The molecule has 1 aromatic rings. The highest BCUT2D eigenvalue weighted by Crippen LogP contribution is 2.30. The fourth-order valence-electron chi connectivity index (χ4n) is 2.60. The van der Waals surface area contributed by atoms with E-state index in [1.807, 2.05) is 0 Å². The van der Waals surface area contributed by atoms with Gasteiger partial charge in [0.15, 0.2) is 12.0 Å². The van der Waals surface area contributed by atoms with Crippen LogP contribution < -0.4 is 4.90 Å². The van der Waals surface area contributed by atoms with Gasteiger partial charge in [0.2, 0.25) is 5.82 Å². The topological polar surface area (TPSA) is 108 Å². The highest BCUT2D eigenvalue weighted by Gasteiger charge is 2.39. The monoisotopic (exact) mass is 328 g/mol. The molecule has 2 unspecified atom stereocenters. The van der Waals surface area contributed by atoms with Crippen LogP contribution in [0.1, 0.15) is 13.3 Å². The zero-order valence-electron chi connectivity index (χ0n) is 12.8. The maximum absolute atomic E-state index is 14.2. The number of esters is 1. The number of hydrogen-bond donors (Lipinski definition) is 0. The van der Waals surface area contributed by atoms with Crippen LogP contribution in [0.15, 0.2) is 6.20 Å². The van der Waals surface area contributed by atoms with E-state index < -0.39 is 28.8 Å². The van der Waals surface area contributed by atoms with Crippen molar-refractivity contribution in [1.29, 1.82) is 0 Å². The number of nitrogens with zero attached hydrogens (tertiary/aromatic N) is 4. The standard InChI is InChI=1S/C13H17FN4O5/c1-3-23-13(20)8-4-5-17(7-9(14)11(8)19)12-10(18(21)22)6-15-16(12)2/h6,8-9H,3-5,7H2,1-2H3. The van der Waals surface area contributed by atoms with Gasteiger partial charge < -0.3 is 9.64 Å². The number of rotatable bonds is 4. The summed E-state index contributed by atoms with van der Waals surface area (Å²) in [4.78, 5) is 35.6. The van der Waals surface area contributed by atoms with Crippen molar-refractivity contribution in [1.82, 2.24) is 9.78 Å². The Balaban J connectivity index is 2.28. The lowest BCUT2D eigenvalue weighted by Crippen LogP contribution is -2.35. The van der Waals surface area contributed by atoms with Crippen LogP contribution in [0.4, 0.5) is 15.9 Å². The van der Waals surface area contributed by atoms with Crippen LogP contribution in [0.5, 0.6) is 0 Å². The van der Waals surface area contributed by atoms with Gasteiger partial charge >= 0.3 is 11.7 Å². The molecule has 2 heterocycles. The average molecular weight is 328 g/mol. The molecule has 9 nitrogen and oxygen atoms in total. The summed E-state index contributed by atoms with van der Waals surface area (Å²) < 4.78 is 20.2. The number of ketones is 1. The summed E-state index contributed by atoms with van der Waals surface area (Å²) in [5.74, 6) is -2.70. The van der Waals surface area contributed by atoms with Crippen molar-refractivity contribution >= 4 is 23.3 Å². The third kappa shape index (κ3) is 3.30. The Labute approximate surface area is 131 Å². The van der Waals surface area contributed by atoms with E-state index in [1.165, 1.54) is 16.6 Å². The van der Waals surface area contributed by atoms with Gasteiger partial charge in [-0.15, -0.1) is 0 Å². The van der Waals surface area contributed by atoms with Crippen molar-refractivity contribution in [2.24, 2.45) is 13.0 Å². The van der Waals surface area contributed by atoms with Gasteiger partial charge in [-0.25, -0.2) is 9.07 Å². The van der Waals surface area contributed by atoms with Gasteiger partial charge in [0.25, 0.3) is 0 Å². The van der Waals surface area contributed by atoms with E-state index >= 15 is 0 Å². The number of nitro groups is 1. The molecule has 23 heavy (non-hydrogen) atoms. The first kappa shape index (κ1) is 16.8. The molecule has 0 aliphatic carbocycles. The Hall–Kier alpha value is -2.52. The molecule has 0 saturated carbocycles. The number of alkyl halides is 1. The smallest absolute Gasteiger partial charge is 0.331 e. The fourth-order valence-corrected chi connectivity index (χ4v) is 2.60. The Bertz CT molecular complexity index is 632. The molecule has 126 valence electrons. The van der Waals surface area contributed by atoms with Crippen molar-refractivity contribution in [2.45, 2.75) is 19.5 Å². The molecule has 1 saturated heterocycles. The zero-order valence-corrected chi connectivity index (χ0v) is 12.8. The number of carbonyl (C=O) groups is 2. The molecule has 2 rings (SSSR count). The highest BCUT2D eigenvalue weighted by molar-refractivity contribution is 6.01. The van der Waals surface area contributed by atoms with Gasteiger partial charge in [-0.2, -0.15) is 5.10 Å². The van der Waals surface area contributed by atoms with Gasteiger partial charge in [-0.3, -0.25) is 19.7 Å². The third-order valence-electron chi connectivity index (χ3n) is 3.68. The summed E-state index contributed by atoms with van der Waals surface area (Å²) >= 11 is 0. The molecular formula is C13H17FN4O5. The van der Waals surface area contributed by atoms with E-state index in [4.69, 9.17) is 4.74 Å². The fraction of sp³-hybridized carbons (Fsp3) is 0.615. The number of aryl methyl sites for hydroxylation is 1. The summed E-state index contributed by atoms with van der Waals surface area (Å²) in [5.41, 5.74) is -0.276. The zero-order chi connectivity index (χ0) is 17.1. The quantitative estimate of drug-likeness (QED) is 0.345. The SMILES string of the molecule is CCOC(=O)C1CCN(c2c([N+](=O)[O-])cnn2C)CC(F)C1=O.